The fourth-order valence-electron chi connectivity index (χ4n) is 3.44. The fourth-order valence-corrected chi connectivity index (χ4v) is 3.44. The average Bonchev–Trinajstić information content (AvgIpc) is 2.76. The molecule has 1 saturated carbocycles. The first-order valence-corrected chi connectivity index (χ1v) is 11.4. The Balaban J connectivity index is 1.54. The van der Waals surface area contributed by atoms with Gasteiger partial charge in [0.25, 0.3) is 0 Å². The van der Waals surface area contributed by atoms with Crippen molar-refractivity contribution in [2.75, 3.05) is 19.8 Å². The molecule has 0 aliphatic heterocycles. The zero-order valence-electron chi connectivity index (χ0n) is 18.6. The summed E-state index contributed by atoms with van der Waals surface area (Å²) < 4.78 is 30.1. The molecule has 1 fully saturated rings. The number of esters is 2. The number of carbonyl (C=O) groups is 2. The van der Waals surface area contributed by atoms with Gasteiger partial charge in [0.2, 0.25) is 0 Å². The number of carbonyl (C=O) groups excluding carboxylic acids is 2. The summed E-state index contributed by atoms with van der Waals surface area (Å²) in [5, 5.41) is 0. The highest BCUT2D eigenvalue weighted by molar-refractivity contribution is 5.89. The van der Waals surface area contributed by atoms with Gasteiger partial charge in [-0.15, -0.1) is 0 Å². The van der Waals surface area contributed by atoms with E-state index in [1.807, 2.05) is 6.92 Å². The maximum atomic E-state index is 14.1. The molecule has 0 amide bonds. The molecule has 0 N–H and O–H groups in total. The van der Waals surface area contributed by atoms with Crippen LogP contribution in [-0.4, -0.2) is 31.8 Å². The van der Waals surface area contributed by atoms with E-state index in [1.165, 1.54) is 17.7 Å². The predicted molar refractivity (Wildman–Crippen MR) is 118 cm³/mol. The van der Waals surface area contributed by atoms with Gasteiger partial charge in [0.1, 0.15) is 11.6 Å². The molecule has 1 aliphatic rings. The van der Waals surface area contributed by atoms with Crippen molar-refractivity contribution in [1.29, 1.82) is 0 Å². The first kappa shape index (κ1) is 24.9. The van der Waals surface area contributed by atoms with Crippen LogP contribution in [0.15, 0.2) is 30.4 Å². The van der Waals surface area contributed by atoms with Crippen molar-refractivity contribution >= 4 is 11.9 Å². The third-order valence-electron chi connectivity index (χ3n) is 5.47. The van der Waals surface area contributed by atoms with Gasteiger partial charge in [-0.2, -0.15) is 0 Å². The zero-order valence-corrected chi connectivity index (χ0v) is 18.6. The number of allylic oxidation sites excluding steroid dienone is 1. The van der Waals surface area contributed by atoms with Crippen molar-refractivity contribution in [3.63, 3.8) is 0 Å². The van der Waals surface area contributed by atoms with Crippen LogP contribution in [-0.2, 0) is 14.3 Å². The van der Waals surface area contributed by atoms with Crippen LogP contribution in [0.5, 0.6) is 5.75 Å². The highest BCUT2D eigenvalue weighted by Crippen LogP contribution is 2.27. The monoisotopic (exact) mass is 434 g/mol. The summed E-state index contributed by atoms with van der Waals surface area (Å²) in [7, 11) is 0. The summed E-state index contributed by atoms with van der Waals surface area (Å²) in [4.78, 5) is 23.9. The first-order valence-electron chi connectivity index (χ1n) is 11.4. The van der Waals surface area contributed by atoms with Gasteiger partial charge in [0.15, 0.2) is 0 Å². The van der Waals surface area contributed by atoms with Crippen LogP contribution in [0.4, 0.5) is 4.39 Å². The standard InChI is InChI=1S/C25H35FO5/c1-3-4-15-31-25(28)22-14-13-21(18-23(22)26)29-16-7-5-6-8-17-30-24(27)20-11-9-19(2)10-12-20/h13-14,18,20H,2-12,15-17H2,1H3. The summed E-state index contributed by atoms with van der Waals surface area (Å²) in [5.41, 5.74) is 1.16. The van der Waals surface area contributed by atoms with Crippen LogP contribution in [0.1, 0.15) is 81.5 Å². The fraction of sp³-hybridized carbons (Fsp3) is 0.600. The number of halogens is 1. The lowest BCUT2D eigenvalue weighted by molar-refractivity contribution is -0.149. The van der Waals surface area contributed by atoms with Gasteiger partial charge in [-0.25, -0.2) is 9.18 Å². The Kier molecular flexibility index (Phi) is 11.1. The highest BCUT2D eigenvalue weighted by Gasteiger charge is 2.23. The molecule has 1 aromatic carbocycles. The van der Waals surface area contributed by atoms with Crippen molar-refractivity contribution in [2.24, 2.45) is 5.92 Å². The molecule has 1 aromatic rings. The Bertz CT molecular complexity index is 721. The van der Waals surface area contributed by atoms with Crippen molar-refractivity contribution in [2.45, 2.75) is 71.1 Å². The van der Waals surface area contributed by atoms with E-state index in [0.29, 0.717) is 25.6 Å². The van der Waals surface area contributed by atoms with Crippen LogP contribution < -0.4 is 4.74 Å². The van der Waals surface area contributed by atoms with Gasteiger partial charge in [-0.3, -0.25) is 4.79 Å². The van der Waals surface area contributed by atoms with E-state index in [4.69, 9.17) is 14.2 Å². The topological polar surface area (TPSA) is 61.8 Å². The van der Waals surface area contributed by atoms with E-state index in [1.54, 1.807) is 6.07 Å². The number of benzene rings is 1. The molecule has 0 saturated heterocycles. The number of rotatable bonds is 13. The molecule has 5 nitrogen and oxygen atoms in total. The van der Waals surface area contributed by atoms with Gasteiger partial charge < -0.3 is 14.2 Å². The Morgan fingerprint density at radius 1 is 1.00 bits per heavy atom. The number of hydrogen-bond acceptors (Lipinski definition) is 5. The quantitative estimate of drug-likeness (QED) is 0.216. The van der Waals surface area contributed by atoms with Crippen LogP contribution in [0.3, 0.4) is 0 Å². The van der Waals surface area contributed by atoms with E-state index < -0.39 is 11.8 Å². The molecule has 0 atom stereocenters. The van der Waals surface area contributed by atoms with E-state index in [2.05, 4.69) is 6.58 Å². The molecule has 0 spiro atoms. The van der Waals surface area contributed by atoms with Crippen LogP contribution in [0, 0.1) is 11.7 Å². The summed E-state index contributed by atoms with van der Waals surface area (Å²) in [6, 6.07) is 4.20. The molecule has 1 aliphatic carbocycles. The number of unbranched alkanes of at least 4 members (excludes halogenated alkanes) is 4. The minimum atomic E-state index is -0.646. The predicted octanol–water partition coefficient (Wildman–Crippen LogP) is 6.01. The molecule has 31 heavy (non-hydrogen) atoms. The Labute approximate surface area is 184 Å². The minimum absolute atomic E-state index is 0.0314. The van der Waals surface area contributed by atoms with E-state index in [-0.39, 0.29) is 17.5 Å². The summed E-state index contributed by atoms with van der Waals surface area (Å²) >= 11 is 0. The second-order valence-electron chi connectivity index (χ2n) is 8.09. The minimum Gasteiger partial charge on any atom is -0.493 e. The summed E-state index contributed by atoms with van der Waals surface area (Å²) in [6.07, 6.45) is 8.76. The molecular formula is C25H35FO5. The molecule has 0 aromatic heterocycles. The lowest BCUT2D eigenvalue weighted by Gasteiger charge is -2.21. The molecular weight excluding hydrogens is 399 g/mol. The Hall–Kier alpha value is -2.37. The molecule has 0 radical (unpaired) electrons. The maximum absolute atomic E-state index is 14.1. The molecule has 0 heterocycles. The number of hydrogen-bond donors (Lipinski definition) is 0. The molecule has 172 valence electrons. The molecule has 0 bridgehead atoms. The van der Waals surface area contributed by atoms with Crippen molar-refractivity contribution in [3.05, 3.63) is 41.7 Å². The van der Waals surface area contributed by atoms with E-state index in [0.717, 1.165) is 64.2 Å². The van der Waals surface area contributed by atoms with Gasteiger partial charge in [0, 0.05) is 6.07 Å². The second-order valence-corrected chi connectivity index (χ2v) is 8.09. The van der Waals surface area contributed by atoms with Gasteiger partial charge in [0.05, 0.1) is 31.3 Å². The van der Waals surface area contributed by atoms with Gasteiger partial charge in [-0.1, -0.05) is 25.5 Å². The number of ether oxygens (including phenoxy) is 3. The average molecular weight is 435 g/mol. The van der Waals surface area contributed by atoms with Crippen LogP contribution in [0.25, 0.3) is 0 Å². The van der Waals surface area contributed by atoms with Crippen LogP contribution in [0.2, 0.25) is 0 Å². The third-order valence-corrected chi connectivity index (χ3v) is 5.47. The highest BCUT2D eigenvalue weighted by atomic mass is 19.1. The van der Waals surface area contributed by atoms with Crippen molar-refractivity contribution in [3.8, 4) is 5.75 Å². The second kappa shape index (κ2) is 13.8. The van der Waals surface area contributed by atoms with E-state index >= 15 is 0 Å². The maximum Gasteiger partial charge on any atom is 0.341 e. The third kappa shape index (κ3) is 9.11. The molecule has 6 heteroatoms. The zero-order chi connectivity index (χ0) is 22.5. The smallest absolute Gasteiger partial charge is 0.341 e. The normalized spacial score (nSPS) is 14.3. The summed E-state index contributed by atoms with van der Waals surface area (Å²) in [5.74, 6) is -0.929. The van der Waals surface area contributed by atoms with Crippen molar-refractivity contribution < 1.29 is 28.2 Å². The Morgan fingerprint density at radius 2 is 1.68 bits per heavy atom. The lowest BCUT2D eigenvalue weighted by atomic mass is 9.87. The largest absolute Gasteiger partial charge is 0.493 e. The molecule has 2 rings (SSSR count). The SMILES string of the molecule is C=C1CCC(C(=O)OCCCCCCOc2ccc(C(=O)OCCCC)c(F)c2)CC1. The Morgan fingerprint density at radius 3 is 2.35 bits per heavy atom. The van der Waals surface area contributed by atoms with Crippen LogP contribution >= 0.6 is 0 Å². The summed E-state index contributed by atoms with van der Waals surface area (Å²) in [6.45, 7) is 7.17. The first-order chi connectivity index (χ1) is 15.0. The molecule has 0 unspecified atom stereocenters. The van der Waals surface area contributed by atoms with E-state index in [9.17, 15) is 14.0 Å². The van der Waals surface area contributed by atoms with Gasteiger partial charge >= 0.3 is 11.9 Å². The van der Waals surface area contributed by atoms with Gasteiger partial charge in [-0.05, 0) is 69.9 Å². The van der Waals surface area contributed by atoms with Crippen molar-refractivity contribution in [1.82, 2.24) is 0 Å². The lowest BCUT2D eigenvalue weighted by Crippen LogP contribution is -2.21.